The molecule has 0 spiro atoms. The number of carbonyl (C=O) groups is 1. The molecular weight excluding hydrogens is 321 g/mol. The van der Waals surface area contributed by atoms with Crippen LogP contribution in [-0.2, 0) is 0 Å². The Bertz CT molecular complexity index is 1110. The fraction of sp³-hybridized carbons (Fsp3) is 0. The molecule has 0 aliphatic carbocycles. The van der Waals surface area contributed by atoms with Crippen molar-refractivity contribution in [1.29, 1.82) is 0 Å². The molecule has 4 aromatic carbocycles. The summed E-state index contributed by atoms with van der Waals surface area (Å²) in [5.41, 5.74) is 8.58. The molecule has 0 radical (unpaired) electrons. The Morgan fingerprint density at radius 3 is 1.84 bits per heavy atom. The van der Waals surface area contributed by atoms with Gasteiger partial charge in [0.2, 0.25) is 0 Å². The molecule has 0 aliphatic rings. The molecule has 0 heterocycles. The number of carboxylic acids is 1. The van der Waals surface area contributed by atoms with Gasteiger partial charge in [-0.15, -0.1) is 0 Å². The molecular formula is C21H16NNaO2. The van der Waals surface area contributed by atoms with Crippen LogP contribution < -0.4 is 5.73 Å². The first-order valence-electron chi connectivity index (χ1n) is 7.69. The fourth-order valence-electron chi connectivity index (χ4n) is 3.29. The second-order valence-corrected chi connectivity index (χ2v) is 5.77. The van der Waals surface area contributed by atoms with Crippen LogP contribution in [0.25, 0.3) is 32.7 Å². The first-order chi connectivity index (χ1) is 11.7. The van der Waals surface area contributed by atoms with Crippen LogP contribution in [0, 0.1) is 0 Å². The average molecular weight is 337 g/mol. The molecule has 4 rings (SSSR count). The van der Waals surface area contributed by atoms with Crippen LogP contribution >= 0.6 is 0 Å². The zero-order chi connectivity index (χ0) is 16.7. The molecule has 4 heteroatoms. The average Bonchev–Trinajstić information content (AvgIpc) is 2.61. The predicted molar refractivity (Wildman–Crippen MR) is 105 cm³/mol. The molecule has 0 aromatic heterocycles. The number of aromatic carboxylic acids is 1. The molecule has 0 atom stereocenters. The van der Waals surface area contributed by atoms with Crippen LogP contribution in [0.1, 0.15) is 10.4 Å². The monoisotopic (exact) mass is 337 g/mol. The van der Waals surface area contributed by atoms with Crippen LogP contribution in [0.2, 0.25) is 0 Å². The summed E-state index contributed by atoms with van der Waals surface area (Å²) in [5, 5.41) is 13.6. The van der Waals surface area contributed by atoms with E-state index in [4.69, 9.17) is 5.73 Å². The second kappa shape index (κ2) is 6.89. The Labute approximate surface area is 167 Å². The number of hydrogen-bond donors (Lipinski definition) is 2. The summed E-state index contributed by atoms with van der Waals surface area (Å²) in [7, 11) is 0. The van der Waals surface area contributed by atoms with Gasteiger partial charge in [0.25, 0.3) is 0 Å². The molecule has 0 saturated heterocycles. The summed E-state index contributed by atoms with van der Waals surface area (Å²) in [5.74, 6) is -0.955. The van der Waals surface area contributed by atoms with E-state index in [9.17, 15) is 9.90 Å². The number of fused-ring (bicyclic) bond motifs is 2. The van der Waals surface area contributed by atoms with Crippen molar-refractivity contribution in [2.75, 3.05) is 5.73 Å². The third-order valence-corrected chi connectivity index (χ3v) is 4.37. The van der Waals surface area contributed by atoms with Crippen molar-refractivity contribution >= 4 is 62.8 Å². The quantitative estimate of drug-likeness (QED) is 0.424. The van der Waals surface area contributed by atoms with Crippen molar-refractivity contribution < 1.29 is 9.90 Å². The minimum absolute atomic E-state index is 0. The molecule has 25 heavy (non-hydrogen) atoms. The van der Waals surface area contributed by atoms with E-state index >= 15 is 0 Å². The van der Waals surface area contributed by atoms with Gasteiger partial charge in [0.1, 0.15) is 0 Å². The first-order valence-corrected chi connectivity index (χ1v) is 7.69. The summed E-state index contributed by atoms with van der Waals surface area (Å²) in [6.07, 6.45) is 0. The molecule has 0 aliphatic heterocycles. The third kappa shape index (κ3) is 2.91. The van der Waals surface area contributed by atoms with E-state index in [0.717, 1.165) is 27.1 Å². The summed E-state index contributed by atoms with van der Waals surface area (Å²) in [4.78, 5) is 11.8. The zero-order valence-corrected chi connectivity index (χ0v) is 12.9. The Balaban J connectivity index is 0.00000182. The van der Waals surface area contributed by atoms with E-state index in [-0.39, 0.29) is 35.1 Å². The van der Waals surface area contributed by atoms with Gasteiger partial charge in [0.15, 0.2) is 0 Å². The van der Waals surface area contributed by atoms with E-state index in [1.165, 1.54) is 0 Å². The number of nitrogen functional groups attached to an aromatic ring is 1. The molecule has 0 saturated carbocycles. The molecule has 0 amide bonds. The van der Waals surface area contributed by atoms with Crippen molar-refractivity contribution in [2.45, 2.75) is 0 Å². The van der Waals surface area contributed by atoms with Crippen molar-refractivity contribution in [1.82, 2.24) is 0 Å². The molecule has 4 aromatic rings. The molecule has 118 valence electrons. The van der Waals surface area contributed by atoms with Gasteiger partial charge in [-0.3, -0.25) is 0 Å². The second-order valence-electron chi connectivity index (χ2n) is 5.77. The van der Waals surface area contributed by atoms with E-state index in [1.54, 1.807) is 6.07 Å². The number of benzene rings is 4. The summed E-state index contributed by atoms with van der Waals surface area (Å²) < 4.78 is 0. The normalized spacial score (nSPS) is 10.6. The molecule has 3 N–H and O–H groups in total. The van der Waals surface area contributed by atoms with Gasteiger partial charge < -0.3 is 10.8 Å². The van der Waals surface area contributed by atoms with Crippen LogP contribution in [0.5, 0.6) is 0 Å². The summed E-state index contributed by atoms with van der Waals surface area (Å²) >= 11 is 0. The number of nitrogens with two attached hydrogens (primary N) is 1. The third-order valence-electron chi connectivity index (χ3n) is 4.37. The summed E-state index contributed by atoms with van der Waals surface area (Å²) in [6.45, 7) is 0. The Hall–Kier alpha value is -2.33. The SMILES string of the molecule is Nc1ccc2ccccc2c1-c1c(C(=O)O)ccc2ccccc12.[NaH]. The molecule has 0 unspecified atom stereocenters. The van der Waals surface area contributed by atoms with E-state index in [1.807, 2.05) is 66.7 Å². The van der Waals surface area contributed by atoms with E-state index in [0.29, 0.717) is 11.3 Å². The topological polar surface area (TPSA) is 63.3 Å². The van der Waals surface area contributed by atoms with Crippen molar-refractivity contribution in [2.24, 2.45) is 0 Å². The summed E-state index contributed by atoms with van der Waals surface area (Å²) in [6, 6.07) is 23.0. The van der Waals surface area contributed by atoms with Crippen LogP contribution in [0.3, 0.4) is 0 Å². The van der Waals surface area contributed by atoms with Gasteiger partial charge in [-0.2, -0.15) is 0 Å². The Kier molecular flexibility index (Phi) is 4.82. The number of anilines is 1. The maximum absolute atomic E-state index is 11.8. The Morgan fingerprint density at radius 1 is 0.720 bits per heavy atom. The van der Waals surface area contributed by atoms with Crippen molar-refractivity contribution in [3.05, 3.63) is 78.4 Å². The maximum atomic E-state index is 11.8. The standard InChI is InChI=1S/C21H15NO2.Na.H/c22-18-12-10-14-6-2-4-8-16(14)20(18)19-15-7-3-1-5-13(15)9-11-17(19)21(23)24;;/h1-12H,22H2,(H,23,24);;. The van der Waals surface area contributed by atoms with Gasteiger partial charge in [-0.1, -0.05) is 60.7 Å². The van der Waals surface area contributed by atoms with Crippen molar-refractivity contribution in [3.8, 4) is 11.1 Å². The number of rotatable bonds is 2. The predicted octanol–water partition coefficient (Wildman–Crippen LogP) is 4.29. The van der Waals surface area contributed by atoms with Gasteiger partial charge in [0.05, 0.1) is 5.56 Å². The van der Waals surface area contributed by atoms with Gasteiger partial charge in [-0.05, 0) is 33.7 Å². The van der Waals surface area contributed by atoms with Gasteiger partial charge in [0, 0.05) is 16.8 Å². The molecule has 0 bridgehead atoms. The number of carboxylic acid groups (broad SMARTS) is 1. The van der Waals surface area contributed by atoms with Crippen LogP contribution in [-0.4, -0.2) is 40.6 Å². The Morgan fingerprint density at radius 2 is 1.24 bits per heavy atom. The first kappa shape index (κ1) is 17.5. The minimum atomic E-state index is -0.955. The van der Waals surface area contributed by atoms with Crippen molar-refractivity contribution in [3.63, 3.8) is 0 Å². The number of hydrogen-bond acceptors (Lipinski definition) is 2. The molecule has 0 fully saturated rings. The van der Waals surface area contributed by atoms with Crippen LogP contribution in [0.15, 0.2) is 72.8 Å². The zero-order valence-electron chi connectivity index (χ0n) is 12.9. The van der Waals surface area contributed by atoms with Gasteiger partial charge in [-0.25, -0.2) is 4.79 Å². The van der Waals surface area contributed by atoms with Gasteiger partial charge >= 0.3 is 35.5 Å². The van der Waals surface area contributed by atoms with E-state index in [2.05, 4.69) is 0 Å². The molecule has 3 nitrogen and oxygen atoms in total. The fourth-order valence-corrected chi connectivity index (χ4v) is 3.29. The van der Waals surface area contributed by atoms with Crippen LogP contribution in [0.4, 0.5) is 5.69 Å². The van der Waals surface area contributed by atoms with E-state index < -0.39 is 5.97 Å².